The maximum absolute atomic E-state index is 12.7. The molecule has 0 fully saturated rings. The third-order valence-electron chi connectivity index (χ3n) is 4.17. The fourth-order valence-corrected chi connectivity index (χ4v) is 3.43. The Morgan fingerprint density at radius 1 is 1.11 bits per heavy atom. The molecule has 0 aliphatic heterocycles. The van der Waals surface area contributed by atoms with Crippen molar-refractivity contribution in [3.63, 3.8) is 0 Å². The van der Waals surface area contributed by atoms with Crippen LogP contribution >= 0.6 is 11.8 Å². The van der Waals surface area contributed by atoms with Crippen LogP contribution in [0, 0.1) is 13.8 Å². The highest BCUT2D eigenvalue weighted by atomic mass is 32.2. The molecule has 3 rings (SSSR count). The lowest BCUT2D eigenvalue weighted by Gasteiger charge is -2.10. The number of carbonyl (C=O) groups is 1. The van der Waals surface area contributed by atoms with Gasteiger partial charge in [0.1, 0.15) is 5.03 Å². The molecule has 0 saturated carbocycles. The zero-order chi connectivity index (χ0) is 19.2. The normalized spacial score (nSPS) is 10.5. The van der Waals surface area contributed by atoms with Crippen LogP contribution < -0.4 is 10.1 Å². The van der Waals surface area contributed by atoms with E-state index in [0.29, 0.717) is 23.0 Å². The van der Waals surface area contributed by atoms with Gasteiger partial charge in [-0.2, -0.15) is 0 Å². The van der Waals surface area contributed by atoms with Crippen LogP contribution in [0.1, 0.15) is 27.0 Å². The Morgan fingerprint density at radius 3 is 2.67 bits per heavy atom. The van der Waals surface area contributed by atoms with Crippen LogP contribution in [0.25, 0.3) is 0 Å². The Morgan fingerprint density at radius 2 is 1.96 bits per heavy atom. The zero-order valence-corrected chi connectivity index (χ0v) is 16.3. The summed E-state index contributed by atoms with van der Waals surface area (Å²) < 4.78 is 5.04. The third-order valence-corrected chi connectivity index (χ3v) is 5.18. The molecule has 1 aromatic carbocycles. The first-order valence-corrected chi connectivity index (χ1v) is 9.35. The van der Waals surface area contributed by atoms with Crippen LogP contribution in [-0.2, 0) is 6.54 Å². The molecule has 6 heteroatoms. The maximum atomic E-state index is 12.7. The fraction of sp³-hybridized carbons (Fsp3) is 0.190. The van der Waals surface area contributed by atoms with E-state index in [-0.39, 0.29) is 5.91 Å². The zero-order valence-electron chi connectivity index (χ0n) is 15.5. The Labute approximate surface area is 163 Å². The topological polar surface area (TPSA) is 64.1 Å². The molecule has 0 atom stereocenters. The Bertz CT molecular complexity index is 942. The van der Waals surface area contributed by atoms with Gasteiger partial charge in [0.15, 0.2) is 0 Å². The number of rotatable bonds is 6. The first-order chi connectivity index (χ1) is 13.1. The van der Waals surface area contributed by atoms with Crippen molar-refractivity contribution in [2.24, 2.45) is 0 Å². The summed E-state index contributed by atoms with van der Waals surface area (Å²) in [5.74, 6) is 0.384. The minimum absolute atomic E-state index is 0.162. The molecule has 0 unspecified atom stereocenters. The van der Waals surface area contributed by atoms with Crippen molar-refractivity contribution >= 4 is 17.7 Å². The number of amides is 1. The van der Waals surface area contributed by atoms with Crippen molar-refractivity contribution in [1.29, 1.82) is 0 Å². The Balaban J connectivity index is 1.71. The summed E-state index contributed by atoms with van der Waals surface area (Å²) in [5.41, 5.74) is 3.92. The van der Waals surface area contributed by atoms with Gasteiger partial charge in [-0.05, 0) is 54.8 Å². The lowest BCUT2D eigenvalue weighted by molar-refractivity contribution is 0.0947. The van der Waals surface area contributed by atoms with Crippen LogP contribution in [0.5, 0.6) is 5.88 Å². The number of nitrogens with one attached hydrogen (secondary N) is 1. The molecule has 1 N–H and O–H groups in total. The minimum Gasteiger partial charge on any atom is -0.481 e. The molecule has 0 saturated heterocycles. The lowest BCUT2D eigenvalue weighted by Crippen LogP contribution is -2.23. The molecular formula is C21H21N3O2S. The summed E-state index contributed by atoms with van der Waals surface area (Å²) >= 11 is 1.49. The molecule has 0 bridgehead atoms. The van der Waals surface area contributed by atoms with Crippen molar-refractivity contribution in [1.82, 2.24) is 15.3 Å². The molecule has 27 heavy (non-hydrogen) atoms. The number of hydrogen-bond acceptors (Lipinski definition) is 5. The molecule has 0 aliphatic rings. The van der Waals surface area contributed by atoms with Gasteiger partial charge in [0, 0.05) is 29.9 Å². The van der Waals surface area contributed by atoms with Crippen LogP contribution in [0.2, 0.25) is 0 Å². The van der Waals surface area contributed by atoms with E-state index in [2.05, 4.69) is 41.3 Å². The predicted molar refractivity (Wildman–Crippen MR) is 106 cm³/mol. The quantitative estimate of drug-likeness (QED) is 0.696. The van der Waals surface area contributed by atoms with Gasteiger partial charge < -0.3 is 10.1 Å². The standard InChI is InChI=1S/C21H21N3O2S/c1-14-6-8-17(11-15(14)2)27-21-18(5-4-10-22-21)20(25)24-13-16-7-9-19(26-3)23-12-16/h4-12H,13H2,1-3H3,(H,24,25). The van der Waals surface area contributed by atoms with Crippen molar-refractivity contribution in [2.45, 2.75) is 30.3 Å². The number of hydrogen-bond donors (Lipinski definition) is 1. The summed E-state index contributed by atoms with van der Waals surface area (Å²) in [6.45, 7) is 4.55. The van der Waals surface area contributed by atoms with Gasteiger partial charge in [0.05, 0.1) is 12.7 Å². The Kier molecular flexibility index (Phi) is 6.08. The van der Waals surface area contributed by atoms with Crippen LogP contribution in [0.3, 0.4) is 0 Å². The van der Waals surface area contributed by atoms with E-state index in [9.17, 15) is 4.79 Å². The van der Waals surface area contributed by atoms with Crippen LogP contribution in [-0.4, -0.2) is 23.0 Å². The highest BCUT2D eigenvalue weighted by Crippen LogP contribution is 2.30. The number of aryl methyl sites for hydroxylation is 2. The number of pyridine rings is 2. The first-order valence-electron chi connectivity index (χ1n) is 8.54. The van der Waals surface area contributed by atoms with Crippen LogP contribution in [0.15, 0.2) is 64.8 Å². The van der Waals surface area contributed by atoms with Gasteiger partial charge in [-0.25, -0.2) is 9.97 Å². The molecular weight excluding hydrogens is 358 g/mol. The second-order valence-electron chi connectivity index (χ2n) is 6.10. The number of nitrogens with zero attached hydrogens (tertiary/aromatic N) is 2. The average Bonchev–Trinajstić information content (AvgIpc) is 2.70. The molecule has 0 aliphatic carbocycles. The first kappa shape index (κ1) is 18.9. The van der Waals surface area contributed by atoms with E-state index in [4.69, 9.17) is 4.74 Å². The average molecular weight is 379 g/mol. The molecule has 1 amide bonds. The Hall–Kier alpha value is -2.86. The largest absolute Gasteiger partial charge is 0.481 e. The summed E-state index contributed by atoms with van der Waals surface area (Å²) in [7, 11) is 1.57. The third kappa shape index (κ3) is 4.86. The maximum Gasteiger partial charge on any atom is 0.254 e. The van der Waals surface area contributed by atoms with Gasteiger partial charge in [0.2, 0.25) is 5.88 Å². The van der Waals surface area contributed by atoms with Crippen molar-refractivity contribution in [3.05, 3.63) is 77.1 Å². The van der Waals surface area contributed by atoms with Gasteiger partial charge in [0.25, 0.3) is 5.91 Å². The molecule has 2 aromatic heterocycles. The van der Waals surface area contributed by atoms with Crippen molar-refractivity contribution in [2.75, 3.05) is 7.11 Å². The summed E-state index contributed by atoms with van der Waals surface area (Å²) in [4.78, 5) is 22.3. The minimum atomic E-state index is -0.162. The number of aromatic nitrogens is 2. The smallest absolute Gasteiger partial charge is 0.254 e. The molecule has 3 aromatic rings. The van der Waals surface area contributed by atoms with E-state index in [1.807, 2.05) is 12.1 Å². The predicted octanol–water partition coefficient (Wildman–Crippen LogP) is 4.18. The highest BCUT2D eigenvalue weighted by Gasteiger charge is 2.13. The summed E-state index contributed by atoms with van der Waals surface area (Å²) in [5, 5.41) is 3.61. The molecule has 2 heterocycles. The van der Waals surface area contributed by atoms with E-state index < -0.39 is 0 Å². The SMILES string of the molecule is COc1ccc(CNC(=O)c2cccnc2Sc2ccc(C)c(C)c2)cn1. The number of methoxy groups -OCH3 is 1. The van der Waals surface area contributed by atoms with Crippen molar-refractivity contribution in [3.8, 4) is 5.88 Å². The van der Waals surface area contributed by atoms with Gasteiger partial charge in [-0.3, -0.25) is 4.79 Å². The number of carbonyl (C=O) groups excluding carboxylic acids is 1. The van der Waals surface area contributed by atoms with E-state index in [0.717, 1.165) is 10.5 Å². The molecule has 0 spiro atoms. The fourth-order valence-electron chi connectivity index (χ4n) is 2.45. The number of benzene rings is 1. The van der Waals surface area contributed by atoms with E-state index in [1.165, 1.54) is 22.9 Å². The van der Waals surface area contributed by atoms with E-state index in [1.54, 1.807) is 37.7 Å². The second kappa shape index (κ2) is 8.68. The molecule has 138 valence electrons. The van der Waals surface area contributed by atoms with Gasteiger partial charge >= 0.3 is 0 Å². The highest BCUT2D eigenvalue weighted by molar-refractivity contribution is 7.99. The lowest BCUT2D eigenvalue weighted by atomic mass is 10.1. The van der Waals surface area contributed by atoms with E-state index >= 15 is 0 Å². The summed E-state index contributed by atoms with van der Waals surface area (Å²) in [6, 6.07) is 13.4. The van der Waals surface area contributed by atoms with Gasteiger partial charge in [-0.15, -0.1) is 0 Å². The molecule has 5 nitrogen and oxygen atoms in total. The number of ether oxygens (including phenoxy) is 1. The second-order valence-corrected chi connectivity index (χ2v) is 7.16. The summed E-state index contributed by atoms with van der Waals surface area (Å²) in [6.07, 6.45) is 3.39. The van der Waals surface area contributed by atoms with Crippen molar-refractivity contribution < 1.29 is 9.53 Å². The van der Waals surface area contributed by atoms with Crippen LogP contribution in [0.4, 0.5) is 0 Å². The monoisotopic (exact) mass is 379 g/mol. The molecule has 0 radical (unpaired) electrons. The van der Waals surface area contributed by atoms with Gasteiger partial charge in [-0.1, -0.05) is 23.9 Å².